The number of benzene rings is 4. The van der Waals surface area contributed by atoms with Crippen LogP contribution >= 0.6 is 11.6 Å². The molecule has 1 heterocycles. The first-order valence-corrected chi connectivity index (χ1v) is 11.1. The molecule has 0 aromatic heterocycles. The maximum Gasteiger partial charge on any atom is 0.294 e. The second kappa shape index (κ2) is 8.73. The van der Waals surface area contributed by atoms with E-state index in [0.717, 1.165) is 4.90 Å². The quantitative estimate of drug-likeness (QED) is 0.193. The molecule has 0 spiro atoms. The van der Waals surface area contributed by atoms with Gasteiger partial charge in [0.25, 0.3) is 17.5 Å². The third-order valence-electron chi connectivity index (χ3n) is 5.70. The van der Waals surface area contributed by atoms with Crippen LogP contribution in [0.15, 0.2) is 72.8 Å². The highest BCUT2D eigenvalue weighted by Crippen LogP contribution is 2.42. The summed E-state index contributed by atoms with van der Waals surface area (Å²) in [4.78, 5) is 39.5. The molecule has 4 aromatic rings. The Morgan fingerprint density at radius 2 is 1.69 bits per heavy atom. The van der Waals surface area contributed by atoms with Gasteiger partial charge in [0.15, 0.2) is 0 Å². The van der Waals surface area contributed by atoms with Crippen LogP contribution < -0.4 is 15.0 Å². The van der Waals surface area contributed by atoms with Gasteiger partial charge in [-0.2, -0.15) is 0 Å². The summed E-state index contributed by atoms with van der Waals surface area (Å²) < 4.78 is 5.44. The first-order chi connectivity index (χ1) is 16.9. The Morgan fingerprint density at radius 1 is 0.971 bits per heavy atom. The van der Waals surface area contributed by atoms with Crippen molar-refractivity contribution in [2.24, 2.45) is 0 Å². The molecule has 5 rings (SSSR count). The number of carbonyl (C=O) groups excluding carboxylic acids is 2. The van der Waals surface area contributed by atoms with Gasteiger partial charge in [-0.1, -0.05) is 29.8 Å². The van der Waals surface area contributed by atoms with E-state index < -0.39 is 16.7 Å². The molecule has 0 saturated heterocycles. The van der Waals surface area contributed by atoms with Crippen molar-refractivity contribution in [3.63, 3.8) is 0 Å². The largest absolute Gasteiger partial charge is 0.494 e. The molecular weight excluding hydrogens is 470 g/mol. The molecule has 35 heavy (non-hydrogen) atoms. The molecule has 0 bridgehead atoms. The van der Waals surface area contributed by atoms with Crippen LogP contribution in [-0.4, -0.2) is 23.3 Å². The van der Waals surface area contributed by atoms with E-state index >= 15 is 0 Å². The zero-order valence-electron chi connectivity index (χ0n) is 18.4. The van der Waals surface area contributed by atoms with Gasteiger partial charge in [-0.25, -0.2) is 4.90 Å². The van der Waals surface area contributed by atoms with Crippen LogP contribution in [0.25, 0.3) is 10.8 Å². The third kappa shape index (κ3) is 3.83. The molecule has 2 amide bonds. The maximum atomic E-state index is 13.5. The third-order valence-corrected chi connectivity index (χ3v) is 5.94. The van der Waals surface area contributed by atoms with E-state index in [1.54, 1.807) is 66.7 Å². The molecule has 174 valence electrons. The molecule has 0 radical (unpaired) electrons. The average Bonchev–Trinajstić information content (AvgIpc) is 2.84. The van der Waals surface area contributed by atoms with Crippen LogP contribution in [0.3, 0.4) is 0 Å². The minimum atomic E-state index is -0.639. The van der Waals surface area contributed by atoms with Crippen molar-refractivity contribution < 1.29 is 19.2 Å². The summed E-state index contributed by atoms with van der Waals surface area (Å²) >= 11 is 6.08. The van der Waals surface area contributed by atoms with Gasteiger partial charge < -0.3 is 10.1 Å². The fourth-order valence-corrected chi connectivity index (χ4v) is 4.42. The topological polar surface area (TPSA) is 102 Å². The molecule has 9 heteroatoms. The van der Waals surface area contributed by atoms with Crippen molar-refractivity contribution >= 4 is 56.9 Å². The molecule has 1 aliphatic rings. The second-order valence-corrected chi connectivity index (χ2v) is 8.25. The number of hydrogen-bond donors (Lipinski definition) is 1. The summed E-state index contributed by atoms with van der Waals surface area (Å²) in [7, 11) is 0. The Hall–Kier alpha value is -4.43. The second-order valence-electron chi connectivity index (χ2n) is 7.81. The maximum absolute atomic E-state index is 13.5. The van der Waals surface area contributed by atoms with Gasteiger partial charge in [-0.15, -0.1) is 0 Å². The van der Waals surface area contributed by atoms with Crippen LogP contribution in [0.2, 0.25) is 5.02 Å². The number of anilines is 3. The SMILES string of the molecule is CCOc1ccc(N2C(=O)c3cccc4c(Nc5cccc(Cl)c5)c([N+](=O)[O-])cc(c34)C2=O)cc1. The Kier molecular flexibility index (Phi) is 5.58. The number of hydrogen-bond acceptors (Lipinski definition) is 6. The summed E-state index contributed by atoms with van der Waals surface area (Å²) in [6.45, 7) is 2.33. The molecular formula is C26H18ClN3O5. The van der Waals surface area contributed by atoms with E-state index in [2.05, 4.69) is 5.32 Å². The number of rotatable bonds is 6. The van der Waals surface area contributed by atoms with E-state index in [0.29, 0.717) is 39.5 Å². The van der Waals surface area contributed by atoms with Crippen LogP contribution in [0, 0.1) is 10.1 Å². The lowest BCUT2D eigenvalue weighted by Gasteiger charge is -2.28. The summed E-state index contributed by atoms with van der Waals surface area (Å²) in [6, 6.07) is 19.4. The van der Waals surface area contributed by atoms with E-state index in [9.17, 15) is 19.7 Å². The van der Waals surface area contributed by atoms with Gasteiger partial charge in [-0.05, 0) is 55.5 Å². The van der Waals surface area contributed by atoms with E-state index in [4.69, 9.17) is 16.3 Å². The molecule has 1 aliphatic heterocycles. The van der Waals surface area contributed by atoms with Crippen LogP contribution in [0.1, 0.15) is 27.6 Å². The number of nitrogens with one attached hydrogen (secondary N) is 1. The van der Waals surface area contributed by atoms with Crippen molar-refractivity contribution in [2.45, 2.75) is 6.92 Å². The summed E-state index contributed by atoms with van der Waals surface area (Å²) in [6.07, 6.45) is 0. The number of nitro benzene ring substituents is 1. The number of imide groups is 1. The Balaban J connectivity index is 1.69. The summed E-state index contributed by atoms with van der Waals surface area (Å²) in [5.74, 6) is -0.553. The van der Waals surface area contributed by atoms with E-state index in [1.165, 1.54) is 6.07 Å². The molecule has 0 aliphatic carbocycles. The number of amides is 2. The van der Waals surface area contributed by atoms with Gasteiger partial charge in [-0.3, -0.25) is 19.7 Å². The molecule has 0 unspecified atom stereocenters. The monoisotopic (exact) mass is 487 g/mol. The molecule has 1 N–H and O–H groups in total. The lowest BCUT2D eigenvalue weighted by molar-refractivity contribution is -0.383. The number of nitrogens with zero attached hydrogens (tertiary/aromatic N) is 2. The zero-order chi connectivity index (χ0) is 24.7. The van der Waals surface area contributed by atoms with Gasteiger partial charge >= 0.3 is 0 Å². The zero-order valence-corrected chi connectivity index (χ0v) is 19.2. The summed E-state index contributed by atoms with van der Waals surface area (Å²) in [5.41, 5.74) is 1.11. The standard InChI is InChI=1S/C26H18ClN3O5/c1-2-35-18-11-9-17(10-12-18)29-25(31)20-8-4-7-19-23(20)21(26(29)32)14-22(30(33)34)24(19)28-16-6-3-5-15(27)13-16/h3-14,28H,2H2,1H3. The van der Waals surface area contributed by atoms with E-state index in [1.807, 2.05) is 6.92 Å². The van der Waals surface area contributed by atoms with Crippen molar-refractivity contribution in [2.75, 3.05) is 16.8 Å². The first kappa shape index (κ1) is 22.4. The van der Waals surface area contributed by atoms with Crippen molar-refractivity contribution in [1.29, 1.82) is 0 Å². The predicted octanol–water partition coefficient (Wildman–Crippen LogP) is 6.34. The predicted molar refractivity (Wildman–Crippen MR) is 134 cm³/mol. The fraction of sp³-hybridized carbons (Fsp3) is 0.0769. The van der Waals surface area contributed by atoms with Crippen molar-refractivity contribution in [3.05, 3.63) is 99.1 Å². The highest BCUT2D eigenvalue weighted by molar-refractivity contribution is 6.37. The lowest BCUT2D eigenvalue weighted by atomic mass is 9.91. The molecule has 4 aromatic carbocycles. The van der Waals surface area contributed by atoms with Gasteiger partial charge in [0.05, 0.1) is 22.8 Å². The van der Waals surface area contributed by atoms with Crippen molar-refractivity contribution in [3.8, 4) is 5.75 Å². The minimum absolute atomic E-state index is 0.0763. The van der Waals surface area contributed by atoms with Gasteiger partial charge in [0, 0.05) is 33.1 Å². The lowest BCUT2D eigenvalue weighted by Crippen LogP contribution is -2.40. The highest BCUT2D eigenvalue weighted by atomic mass is 35.5. The molecule has 0 saturated carbocycles. The number of nitro groups is 1. The van der Waals surface area contributed by atoms with Crippen LogP contribution in [0.4, 0.5) is 22.7 Å². The number of ether oxygens (including phenoxy) is 1. The molecule has 8 nitrogen and oxygen atoms in total. The Bertz CT molecular complexity index is 1520. The highest BCUT2D eigenvalue weighted by Gasteiger charge is 2.37. The Labute approximate surface area is 204 Å². The normalized spacial score (nSPS) is 12.7. The minimum Gasteiger partial charge on any atom is -0.494 e. The molecule has 0 atom stereocenters. The first-order valence-electron chi connectivity index (χ1n) is 10.8. The van der Waals surface area contributed by atoms with Crippen LogP contribution in [0.5, 0.6) is 5.75 Å². The van der Waals surface area contributed by atoms with E-state index in [-0.39, 0.29) is 22.5 Å². The van der Waals surface area contributed by atoms with Crippen molar-refractivity contribution in [1.82, 2.24) is 0 Å². The Morgan fingerprint density at radius 3 is 2.37 bits per heavy atom. The summed E-state index contributed by atoms with van der Waals surface area (Å²) in [5, 5.41) is 16.3. The number of halogens is 1. The van der Waals surface area contributed by atoms with Crippen LogP contribution in [-0.2, 0) is 0 Å². The smallest absolute Gasteiger partial charge is 0.294 e. The van der Waals surface area contributed by atoms with Gasteiger partial charge in [0.2, 0.25) is 0 Å². The average molecular weight is 488 g/mol. The number of carbonyl (C=O) groups is 2. The fourth-order valence-electron chi connectivity index (χ4n) is 4.23. The molecule has 0 fully saturated rings. The van der Waals surface area contributed by atoms with Gasteiger partial charge in [0.1, 0.15) is 11.4 Å².